The number of carbonyl (C=O) groups is 1. The molecule has 0 saturated heterocycles. The van der Waals surface area contributed by atoms with Crippen LogP contribution in [0.4, 0.5) is 0 Å². The zero-order valence-electron chi connectivity index (χ0n) is 11.4. The molecule has 1 aromatic heterocycles. The Hall–Kier alpha value is -2.35. The summed E-state index contributed by atoms with van der Waals surface area (Å²) in [6, 6.07) is 17.8. The minimum atomic E-state index is 0.0288. The van der Waals surface area contributed by atoms with Gasteiger partial charge in [0.2, 0.25) is 5.78 Å². The Morgan fingerprint density at radius 2 is 1.80 bits per heavy atom. The Kier molecular flexibility index (Phi) is 3.38. The lowest BCUT2D eigenvalue weighted by Crippen LogP contribution is -2.02. The van der Waals surface area contributed by atoms with E-state index in [-0.39, 0.29) is 5.78 Å². The molecule has 0 radical (unpaired) electrons. The molecule has 20 heavy (non-hydrogen) atoms. The van der Waals surface area contributed by atoms with E-state index in [0.29, 0.717) is 12.2 Å². The summed E-state index contributed by atoms with van der Waals surface area (Å²) in [4.78, 5) is 12.3. The molecule has 3 rings (SSSR count). The average Bonchev–Trinajstić information content (AvgIpc) is 2.97. The van der Waals surface area contributed by atoms with Crippen LogP contribution in [0.5, 0.6) is 0 Å². The van der Waals surface area contributed by atoms with Gasteiger partial charge in [-0.3, -0.25) is 4.79 Å². The molecule has 0 N–H and O–H groups in total. The molecule has 2 nitrogen and oxygen atoms in total. The summed E-state index contributed by atoms with van der Waals surface area (Å²) in [5.74, 6) is 1.34. The normalized spacial score (nSPS) is 10.8. The Morgan fingerprint density at radius 3 is 2.60 bits per heavy atom. The first-order valence-electron chi connectivity index (χ1n) is 6.86. The van der Waals surface area contributed by atoms with E-state index in [1.54, 1.807) is 6.07 Å². The van der Waals surface area contributed by atoms with Crippen LogP contribution in [0.3, 0.4) is 0 Å². The highest BCUT2D eigenvalue weighted by molar-refractivity contribution is 5.98. The highest BCUT2D eigenvalue weighted by Crippen LogP contribution is 2.20. The molecular weight excluding hydrogens is 248 g/mol. The van der Waals surface area contributed by atoms with Crippen molar-refractivity contribution in [1.29, 1.82) is 0 Å². The number of furan rings is 1. The summed E-state index contributed by atoms with van der Waals surface area (Å²) in [5.41, 5.74) is 1.04. The fourth-order valence-electron chi connectivity index (χ4n) is 2.42. The second-order valence-corrected chi connectivity index (χ2v) is 4.86. The summed E-state index contributed by atoms with van der Waals surface area (Å²) >= 11 is 0. The van der Waals surface area contributed by atoms with E-state index in [2.05, 4.69) is 18.2 Å². The van der Waals surface area contributed by atoms with E-state index in [4.69, 9.17) is 4.42 Å². The lowest BCUT2D eigenvalue weighted by atomic mass is 10.00. The average molecular weight is 264 g/mol. The molecular formula is C18H16O2. The lowest BCUT2D eigenvalue weighted by molar-refractivity contribution is 0.0965. The maximum Gasteiger partial charge on any atom is 0.202 e. The molecule has 0 aliphatic heterocycles. The molecule has 0 unspecified atom stereocenters. The maximum atomic E-state index is 12.3. The Balaban J connectivity index is 1.91. The van der Waals surface area contributed by atoms with Gasteiger partial charge in [0.1, 0.15) is 5.76 Å². The van der Waals surface area contributed by atoms with Gasteiger partial charge in [0.15, 0.2) is 5.76 Å². The molecule has 0 atom stereocenters. The number of fused-ring (bicyclic) bond motifs is 1. The van der Waals surface area contributed by atoms with Gasteiger partial charge in [0, 0.05) is 12.8 Å². The SMILES string of the molecule is CCc1ccc(C(=O)Cc2cccc3ccccc23)o1. The molecule has 0 fully saturated rings. The first kappa shape index (κ1) is 12.7. The zero-order chi connectivity index (χ0) is 13.9. The van der Waals surface area contributed by atoms with Gasteiger partial charge < -0.3 is 4.42 Å². The summed E-state index contributed by atoms with van der Waals surface area (Å²) in [7, 11) is 0. The molecule has 100 valence electrons. The van der Waals surface area contributed by atoms with Gasteiger partial charge in [0.25, 0.3) is 0 Å². The van der Waals surface area contributed by atoms with Crippen LogP contribution in [0.1, 0.15) is 28.8 Å². The lowest BCUT2D eigenvalue weighted by Gasteiger charge is -2.04. The van der Waals surface area contributed by atoms with Crippen LogP contribution in [0.15, 0.2) is 59.0 Å². The first-order chi connectivity index (χ1) is 9.78. The molecule has 0 saturated carbocycles. The summed E-state index contributed by atoms with van der Waals surface area (Å²) < 4.78 is 5.53. The van der Waals surface area contributed by atoms with Gasteiger partial charge in [-0.1, -0.05) is 49.4 Å². The maximum absolute atomic E-state index is 12.3. The number of carbonyl (C=O) groups excluding carboxylic acids is 1. The number of benzene rings is 2. The standard InChI is InChI=1S/C18H16O2/c1-2-15-10-11-18(20-15)17(19)12-14-8-5-7-13-6-3-4-9-16(13)14/h3-11H,2,12H2,1H3. The number of hydrogen-bond acceptors (Lipinski definition) is 2. The van der Waals surface area contributed by atoms with E-state index < -0.39 is 0 Å². The molecule has 2 aromatic carbocycles. The number of aryl methyl sites for hydroxylation is 1. The minimum absolute atomic E-state index is 0.0288. The van der Waals surface area contributed by atoms with Crippen LogP contribution in [0, 0.1) is 0 Å². The number of ketones is 1. The third-order valence-corrected chi connectivity index (χ3v) is 3.52. The second-order valence-electron chi connectivity index (χ2n) is 4.86. The Bertz CT molecular complexity index is 747. The third-order valence-electron chi connectivity index (χ3n) is 3.52. The third kappa shape index (κ3) is 2.37. The molecule has 1 heterocycles. The largest absolute Gasteiger partial charge is 0.458 e. The zero-order valence-corrected chi connectivity index (χ0v) is 11.4. The van der Waals surface area contributed by atoms with Gasteiger partial charge in [0.05, 0.1) is 0 Å². The monoisotopic (exact) mass is 264 g/mol. The molecule has 0 amide bonds. The highest BCUT2D eigenvalue weighted by Gasteiger charge is 2.13. The van der Waals surface area contributed by atoms with Crippen LogP contribution < -0.4 is 0 Å². The molecule has 0 aliphatic carbocycles. The molecule has 0 bridgehead atoms. The van der Waals surface area contributed by atoms with E-state index in [1.807, 2.05) is 37.3 Å². The van der Waals surface area contributed by atoms with Crippen molar-refractivity contribution in [3.63, 3.8) is 0 Å². The fourth-order valence-corrected chi connectivity index (χ4v) is 2.42. The molecule has 2 heteroatoms. The van der Waals surface area contributed by atoms with Gasteiger partial charge in [-0.15, -0.1) is 0 Å². The molecule has 0 spiro atoms. The van der Waals surface area contributed by atoms with Gasteiger partial charge >= 0.3 is 0 Å². The van der Waals surface area contributed by atoms with E-state index in [0.717, 1.165) is 28.5 Å². The first-order valence-corrected chi connectivity index (χ1v) is 6.86. The van der Waals surface area contributed by atoms with Crippen molar-refractivity contribution in [2.24, 2.45) is 0 Å². The number of rotatable bonds is 4. The van der Waals surface area contributed by atoms with Crippen molar-refractivity contribution in [2.45, 2.75) is 19.8 Å². The van der Waals surface area contributed by atoms with Crippen molar-refractivity contribution in [3.8, 4) is 0 Å². The second kappa shape index (κ2) is 5.33. The van der Waals surface area contributed by atoms with Gasteiger partial charge in [-0.2, -0.15) is 0 Å². The summed E-state index contributed by atoms with van der Waals surface area (Å²) in [5, 5.41) is 2.29. The van der Waals surface area contributed by atoms with Crippen LogP contribution in [-0.2, 0) is 12.8 Å². The van der Waals surface area contributed by atoms with Crippen molar-refractivity contribution >= 4 is 16.6 Å². The molecule has 0 aliphatic rings. The fraction of sp³-hybridized carbons (Fsp3) is 0.167. The van der Waals surface area contributed by atoms with E-state index in [9.17, 15) is 4.79 Å². The van der Waals surface area contributed by atoms with Crippen molar-refractivity contribution < 1.29 is 9.21 Å². The quantitative estimate of drug-likeness (QED) is 0.653. The number of Topliss-reactive ketones (excluding diaryl/α,β-unsaturated/α-hetero) is 1. The van der Waals surface area contributed by atoms with Crippen LogP contribution in [0.25, 0.3) is 10.8 Å². The Morgan fingerprint density at radius 1 is 1.00 bits per heavy atom. The Labute approximate surface area is 118 Å². The molecule has 3 aromatic rings. The predicted molar refractivity (Wildman–Crippen MR) is 80.1 cm³/mol. The summed E-state index contributed by atoms with van der Waals surface area (Å²) in [6.45, 7) is 2.01. The van der Waals surface area contributed by atoms with Crippen molar-refractivity contribution in [1.82, 2.24) is 0 Å². The van der Waals surface area contributed by atoms with E-state index in [1.165, 1.54) is 0 Å². The van der Waals surface area contributed by atoms with E-state index >= 15 is 0 Å². The van der Waals surface area contributed by atoms with Crippen LogP contribution in [0.2, 0.25) is 0 Å². The minimum Gasteiger partial charge on any atom is -0.458 e. The van der Waals surface area contributed by atoms with Crippen LogP contribution >= 0.6 is 0 Å². The van der Waals surface area contributed by atoms with Gasteiger partial charge in [-0.05, 0) is 28.5 Å². The highest BCUT2D eigenvalue weighted by atomic mass is 16.3. The van der Waals surface area contributed by atoms with Crippen LogP contribution in [-0.4, -0.2) is 5.78 Å². The van der Waals surface area contributed by atoms with Crippen molar-refractivity contribution in [3.05, 3.63) is 71.7 Å². The smallest absolute Gasteiger partial charge is 0.202 e. The summed E-state index contributed by atoms with van der Waals surface area (Å²) in [6.07, 6.45) is 1.18. The van der Waals surface area contributed by atoms with Gasteiger partial charge in [-0.25, -0.2) is 0 Å². The number of hydrogen-bond donors (Lipinski definition) is 0. The van der Waals surface area contributed by atoms with Crippen molar-refractivity contribution in [2.75, 3.05) is 0 Å². The predicted octanol–water partition coefficient (Wildman–Crippen LogP) is 4.42. The topological polar surface area (TPSA) is 30.2 Å².